The van der Waals surface area contributed by atoms with Crippen molar-refractivity contribution >= 4 is 51.5 Å². The van der Waals surface area contributed by atoms with E-state index < -0.39 is 47.9 Å². The van der Waals surface area contributed by atoms with E-state index in [0.29, 0.717) is 17.5 Å². The molecule has 0 bridgehead atoms. The molecule has 3 amide bonds. The zero-order valence-corrected chi connectivity index (χ0v) is 28.3. The summed E-state index contributed by atoms with van der Waals surface area (Å²) in [5.41, 5.74) is 21.1. The third-order valence-electron chi connectivity index (χ3n) is 8.75. The van der Waals surface area contributed by atoms with Crippen LogP contribution in [-0.4, -0.2) is 80.5 Å². The number of benzene rings is 3. The number of para-hydroxylation sites is 2. The van der Waals surface area contributed by atoms with Gasteiger partial charge in [-0.3, -0.25) is 19.4 Å². The number of amides is 3. The molecule has 0 radical (unpaired) electrons. The molecule has 5 aromatic rings. The monoisotopic (exact) mass is 709 g/mol. The Morgan fingerprint density at radius 3 is 1.83 bits per heavy atom. The summed E-state index contributed by atoms with van der Waals surface area (Å²) in [5, 5.41) is 29.5. The van der Waals surface area contributed by atoms with E-state index in [-0.39, 0.29) is 43.9 Å². The lowest BCUT2D eigenvalue weighted by molar-refractivity contribution is -0.142. The highest BCUT2D eigenvalue weighted by molar-refractivity contribution is 5.95. The lowest BCUT2D eigenvalue weighted by Gasteiger charge is -2.25. The molecule has 0 saturated heterocycles. The van der Waals surface area contributed by atoms with E-state index in [0.717, 1.165) is 27.4 Å². The van der Waals surface area contributed by atoms with Crippen LogP contribution in [0.3, 0.4) is 0 Å². The summed E-state index contributed by atoms with van der Waals surface area (Å²) >= 11 is 0. The molecule has 5 rings (SSSR count). The highest BCUT2D eigenvalue weighted by atomic mass is 16.4. The van der Waals surface area contributed by atoms with Crippen LogP contribution < -0.4 is 33.2 Å². The first-order valence-corrected chi connectivity index (χ1v) is 16.8. The van der Waals surface area contributed by atoms with Crippen LogP contribution in [0.4, 0.5) is 0 Å². The van der Waals surface area contributed by atoms with Crippen LogP contribution in [0.5, 0.6) is 5.75 Å². The van der Waals surface area contributed by atoms with Crippen molar-refractivity contribution in [3.63, 3.8) is 0 Å². The van der Waals surface area contributed by atoms with Crippen LogP contribution >= 0.6 is 0 Å². The van der Waals surface area contributed by atoms with E-state index in [1.807, 2.05) is 48.5 Å². The molecule has 4 unspecified atom stereocenters. The fourth-order valence-corrected chi connectivity index (χ4v) is 6.02. The third kappa shape index (κ3) is 9.66. The Kier molecular flexibility index (Phi) is 12.1. The number of carboxylic acids is 1. The first kappa shape index (κ1) is 36.9. The average molecular weight is 710 g/mol. The maximum absolute atomic E-state index is 14.0. The summed E-state index contributed by atoms with van der Waals surface area (Å²) < 4.78 is 0. The molecule has 0 aliphatic heterocycles. The molecule has 0 aliphatic carbocycles. The first-order chi connectivity index (χ1) is 25.0. The number of aliphatic carboxylic acids is 1. The largest absolute Gasteiger partial charge is 0.508 e. The van der Waals surface area contributed by atoms with E-state index >= 15 is 0 Å². The van der Waals surface area contributed by atoms with Crippen LogP contribution in [0.25, 0.3) is 21.8 Å². The molecular weight excluding hydrogens is 666 g/mol. The number of rotatable bonds is 17. The van der Waals surface area contributed by atoms with Crippen LogP contribution in [0.15, 0.2) is 90.2 Å². The second-order valence-electron chi connectivity index (χ2n) is 12.6. The highest BCUT2D eigenvalue weighted by Gasteiger charge is 2.31. The number of phenols is 1. The van der Waals surface area contributed by atoms with Gasteiger partial charge < -0.3 is 53.3 Å². The van der Waals surface area contributed by atoms with Gasteiger partial charge >= 0.3 is 5.97 Å². The number of guanidine groups is 1. The summed E-state index contributed by atoms with van der Waals surface area (Å²) in [6, 6.07) is 16.3. The van der Waals surface area contributed by atoms with Crippen LogP contribution in [-0.2, 0) is 38.4 Å². The second-order valence-corrected chi connectivity index (χ2v) is 12.6. The molecule has 15 nitrogen and oxygen atoms in total. The predicted molar refractivity (Wildman–Crippen MR) is 197 cm³/mol. The number of carbonyl (C=O) groups excluding carboxylic acids is 3. The van der Waals surface area contributed by atoms with Crippen molar-refractivity contribution in [3.8, 4) is 5.75 Å². The SMILES string of the molecule is NC(N)=NCCCC(NC(=O)C(N)Cc1c[nH]c2ccccc12)C(=O)NC(Cc1c[nH]c2ccccc12)C(=O)NC(Cc1ccc(O)cc1)C(=O)O. The fraction of sp³-hybridized carbons (Fsp3) is 0.270. The van der Waals surface area contributed by atoms with E-state index in [4.69, 9.17) is 17.2 Å². The molecule has 52 heavy (non-hydrogen) atoms. The van der Waals surface area contributed by atoms with Crippen LogP contribution in [0.1, 0.15) is 29.5 Å². The van der Waals surface area contributed by atoms with Gasteiger partial charge in [-0.1, -0.05) is 48.5 Å². The van der Waals surface area contributed by atoms with E-state index in [1.165, 1.54) is 12.1 Å². The highest BCUT2D eigenvalue weighted by Crippen LogP contribution is 2.21. The average Bonchev–Trinajstić information content (AvgIpc) is 3.73. The number of fused-ring (bicyclic) bond motifs is 2. The lowest BCUT2D eigenvalue weighted by atomic mass is 10.0. The van der Waals surface area contributed by atoms with Gasteiger partial charge in [0, 0.05) is 53.6 Å². The number of carbonyl (C=O) groups is 4. The van der Waals surface area contributed by atoms with Crippen molar-refractivity contribution in [1.82, 2.24) is 25.9 Å². The number of aromatic amines is 2. The van der Waals surface area contributed by atoms with Gasteiger partial charge in [0.2, 0.25) is 17.7 Å². The summed E-state index contributed by atoms with van der Waals surface area (Å²) in [6.07, 6.45) is 4.04. The zero-order valence-electron chi connectivity index (χ0n) is 28.3. The Bertz CT molecular complexity index is 2050. The minimum Gasteiger partial charge on any atom is -0.508 e. The molecular formula is C37H43N9O6. The molecule has 0 spiro atoms. The quantitative estimate of drug-likeness (QED) is 0.0378. The lowest BCUT2D eigenvalue weighted by Crippen LogP contribution is -2.58. The minimum atomic E-state index is -1.35. The Labute approximate surface area is 299 Å². The molecule has 0 aliphatic rings. The number of phenolic OH excluding ortho intramolecular Hbond substituents is 1. The van der Waals surface area contributed by atoms with Gasteiger partial charge in [0.05, 0.1) is 6.04 Å². The summed E-state index contributed by atoms with van der Waals surface area (Å²) in [5.74, 6) is -3.40. The number of nitrogens with one attached hydrogen (secondary N) is 5. The third-order valence-corrected chi connectivity index (χ3v) is 8.75. The Morgan fingerprint density at radius 1 is 0.692 bits per heavy atom. The van der Waals surface area contributed by atoms with Gasteiger partial charge in [-0.2, -0.15) is 0 Å². The molecule has 15 heteroatoms. The van der Waals surface area contributed by atoms with Gasteiger partial charge in [-0.05, 0) is 60.2 Å². The minimum absolute atomic E-state index is 0.00186. The number of hydrogen-bond donors (Lipinski definition) is 10. The molecule has 3 aromatic carbocycles. The number of hydrogen-bond acceptors (Lipinski definition) is 7. The predicted octanol–water partition coefficient (Wildman–Crippen LogP) is 1.30. The summed E-state index contributed by atoms with van der Waals surface area (Å²) in [7, 11) is 0. The molecule has 13 N–H and O–H groups in total. The van der Waals surface area contributed by atoms with Gasteiger partial charge in [-0.15, -0.1) is 0 Å². The summed E-state index contributed by atoms with van der Waals surface area (Å²) in [6.45, 7) is 0.181. The van der Waals surface area contributed by atoms with Crippen molar-refractivity contribution in [2.75, 3.05) is 6.54 Å². The number of nitrogens with zero attached hydrogens (tertiary/aromatic N) is 1. The molecule has 2 aromatic heterocycles. The van der Waals surface area contributed by atoms with Crippen LogP contribution in [0.2, 0.25) is 0 Å². The number of aliphatic imine (C=N–C) groups is 1. The number of aromatic hydroxyl groups is 1. The molecule has 4 atom stereocenters. The normalized spacial score (nSPS) is 13.5. The number of carboxylic acid groups (broad SMARTS) is 1. The molecule has 2 heterocycles. The Hall–Kier alpha value is -6.35. The Morgan fingerprint density at radius 2 is 1.23 bits per heavy atom. The van der Waals surface area contributed by atoms with Crippen molar-refractivity contribution in [2.24, 2.45) is 22.2 Å². The Balaban J connectivity index is 1.36. The number of aromatic nitrogens is 2. The van der Waals surface area contributed by atoms with E-state index in [1.54, 1.807) is 24.5 Å². The topological polar surface area (TPSA) is 267 Å². The van der Waals surface area contributed by atoms with Gasteiger partial charge in [-0.25, -0.2) is 4.79 Å². The number of H-pyrrole nitrogens is 2. The van der Waals surface area contributed by atoms with Crippen molar-refractivity contribution < 1.29 is 29.4 Å². The van der Waals surface area contributed by atoms with Gasteiger partial charge in [0.1, 0.15) is 23.9 Å². The van der Waals surface area contributed by atoms with E-state index in [9.17, 15) is 29.4 Å². The smallest absolute Gasteiger partial charge is 0.326 e. The fourth-order valence-electron chi connectivity index (χ4n) is 6.02. The van der Waals surface area contributed by atoms with Crippen LogP contribution in [0, 0.1) is 0 Å². The number of nitrogens with two attached hydrogens (primary N) is 3. The maximum atomic E-state index is 14.0. The van der Waals surface area contributed by atoms with Crippen molar-refractivity contribution in [1.29, 1.82) is 0 Å². The van der Waals surface area contributed by atoms with E-state index in [2.05, 4.69) is 30.9 Å². The van der Waals surface area contributed by atoms with Gasteiger partial charge in [0.25, 0.3) is 0 Å². The standard InChI is InChI=1S/C37H43N9O6/c38-27(17-22-19-42-28-8-3-1-6-25(22)28)33(48)44-30(10-5-15-41-37(39)40)34(49)45-31(18-23-20-43-29-9-4-2-7-26(23)29)35(50)46-32(36(51)52)16-21-11-13-24(47)14-12-21/h1-4,6-9,11-14,19-20,27,30-32,42-43,47H,5,10,15-18,38H2,(H,44,48)(H,45,49)(H,46,50)(H,51,52)(H4,39,40,41). The maximum Gasteiger partial charge on any atom is 0.326 e. The molecule has 272 valence electrons. The first-order valence-electron chi connectivity index (χ1n) is 16.8. The van der Waals surface area contributed by atoms with Crippen molar-refractivity contribution in [3.05, 3.63) is 102 Å². The zero-order chi connectivity index (χ0) is 37.2. The van der Waals surface area contributed by atoms with Crippen molar-refractivity contribution in [2.45, 2.75) is 56.3 Å². The molecule has 0 fully saturated rings. The second kappa shape index (κ2) is 17.0. The van der Waals surface area contributed by atoms with Gasteiger partial charge in [0.15, 0.2) is 5.96 Å². The molecule has 0 saturated carbocycles. The summed E-state index contributed by atoms with van der Waals surface area (Å²) in [4.78, 5) is 63.9.